The highest BCUT2D eigenvalue weighted by molar-refractivity contribution is 7.08. The minimum atomic E-state index is -0.278. The van der Waals surface area contributed by atoms with Gasteiger partial charge in [0.2, 0.25) is 5.88 Å². The molecular weight excluding hydrogens is 210 g/mol. The van der Waals surface area contributed by atoms with Gasteiger partial charge in [-0.3, -0.25) is 4.98 Å². The van der Waals surface area contributed by atoms with E-state index < -0.39 is 0 Å². The predicted molar refractivity (Wildman–Crippen MR) is 58.9 cm³/mol. The molecule has 1 unspecified atom stereocenters. The lowest BCUT2D eigenvalue weighted by molar-refractivity contribution is 0.387. The lowest BCUT2D eigenvalue weighted by atomic mass is 10.1. The third kappa shape index (κ3) is 1.98. The Hall–Kier alpha value is -1.46. The fourth-order valence-electron chi connectivity index (χ4n) is 1.32. The Labute approximate surface area is 91.8 Å². The first-order valence-electron chi connectivity index (χ1n) is 4.45. The molecule has 2 aromatic heterocycles. The van der Waals surface area contributed by atoms with E-state index in [0.717, 1.165) is 5.56 Å². The fraction of sp³-hybridized carbons (Fsp3) is 0.200. The first-order chi connectivity index (χ1) is 7.33. The quantitative estimate of drug-likeness (QED) is 0.855. The molecule has 0 aliphatic rings. The molecule has 78 valence electrons. The maximum absolute atomic E-state index is 6.06. The highest BCUT2D eigenvalue weighted by Crippen LogP contribution is 2.25. The average Bonchev–Trinajstić information content (AvgIpc) is 2.81. The SMILES string of the molecule is COc1nccnc1C(N)c1ccsc1. The van der Waals surface area contributed by atoms with Gasteiger partial charge in [-0.2, -0.15) is 11.3 Å². The summed E-state index contributed by atoms with van der Waals surface area (Å²) in [6.45, 7) is 0. The molecule has 0 fully saturated rings. The van der Waals surface area contributed by atoms with Crippen molar-refractivity contribution in [3.05, 3.63) is 40.5 Å². The summed E-state index contributed by atoms with van der Waals surface area (Å²) in [6, 6.07) is 1.70. The van der Waals surface area contributed by atoms with Crippen LogP contribution in [0.5, 0.6) is 5.88 Å². The third-order valence-electron chi connectivity index (χ3n) is 2.08. The maximum Gasteiger partial charge on any atom is 0.237 e. The molecule has 2 aromatic rings. The Morgan fingerprint density at radius 3 is 2.87 bits per heavy atom. The third-order valence-corrected chi connectivity index (χ3v) is 2.78. The molecule has 2 N–H and O–H groups in total. The molecule has 0 saturated heterocycles. The molecule has 0 saturated carbocycles. The van der Waals surface area contributed by atoms with Crippen molar-refractivity contribution in [1.29, 1.82) is 0 Å². The van der Waals surface area contributed by atoms with E-state index in [1.54, 1.807) is 30.8 Å². The van der Waals surface area contributed by atoms with E-state index >= 15 is 0 Å². The summed E-state index contributed by atoms with van der Waals surface area (Å²) in [4.78, 5) is 8.26. The Morgan fingerprint density at radius 1 is 1.40 bits per heavy atom. The molecule has 0 radical (unpaired) electrons. The molecule has 4 nitrogen and oxygen atoms in total. The smallest absolute Gasteiger partial charge is 0.237 e. The molecular formula is C10H11N3OS. The summed E-state index contributed by atoms with van der Waals surface area (Å²) in [6.07, 6.45) is 3.20. The normalized spacial score (nSPS) is 12.4. The van der Waals surface area contributed by atoms with Gasteiger partial charge in [0.25, 0.3) is 0 Å². The first kappa shape index (κ1) is 10.1. The summed E-state index contributed by atoms with van der Waals surface area (Å²) in [5.74, 6) is 0.483. The molecule has 0 aromatic carbocycles. The second kappa shape index (κ2) is 4.37. The van der Waals surface area contributed by atoms with Gasteiger partial charge in [-0.05, 0) is 22.4 Å². The van der Waals surface area contributed by atoms with Crippen LogP contribution in [0.2, 0.25) is 0 Å². The van der Waals surface area contributed by atoms with Crippen LogP contribution in [-0.4, -0.2) is 17.1 Å². The van der Waals surface area contributed by atoms with Crippen LogP contribution in [0, 0.1) is 0 Å². The Kier molecular flexibility index (Phi) is 2.94. The van der Waals surface area contributed by atoms with Crippen LogP contribution in [0.25, 0.3) is 0 Å². The number of thiophene rings is 1. The van der Waals surface area contributed by atoms with Crippen molar-refractivity contribution in [2.75, 3.05) is 7.11 Å². The lowest BCUT2D eigenvalue weighted by Gasteiger charge is -2.11. The van der Waals surface area contributed by atoms with E-state index in [9.17, 15) is 0 Å². The zero-order chi connectivity index (χ0) is 10.7. The molecule has 15 heavy (non-hydrogen) atoms. The Bertz CT molecular complexity index is 430. The zero-order valence-corrected chi connectivity index (χ0v) is 9.07. The lowest BCUT2D eigenvalue weighted by Crippen LogP contribution is -2.14. The number of nitrogens with zero attached hydrogens (tertiary/aromatic N) is 2. The number of hydrogen-bond acceptors (Lipinski definition) is 5. The van der Waals surface area contributed by atoms with Gasteiger partial charge in [-0.1, -0.05) is 0 Å². The van der Waals surface area contributed by atoms with Crippen molar-refractivity contribution in [2.45, 2.75) is 6.04 Å². The van der Waals surface area contributed by atoms with Crippen LogP contribution in [0.4, 0.5) is 0 Å². The number of ether oxygens (including phenoxy) is 1. The second-order valence-electron chi connectivity index (χ2n) is 2.99. The van der Waals surface area contributed by atoms with E-state index in [4.69, 9.17) is 10.5 Å². The van der Waals surface area contributed by atoms with Crippen LogP contribution in [-0.2, 0) is 0 Å². The molecule has 0 spiro atoms. The number of aromatic nitrogens is 2. The largest absolute Gasteiger partial charge is 0.480 e. The van der Waals surface area contributed by atoms with Gasteiger partial charge in [0, 0.05) is 12.4 Å². The number of rotatable bonds is 3. The molecule has 2 heterocycles. The number of hydrogen-bond donors (Lipinski definition) is 1. The van der Waals surface area contributed by atoms with Crippen molar-refractivity contribution < 1.29 is 4.74 Å². The first-order valence-corrected chi connectivity index (χ1v) is 5.39. The van der Waals surface area contributed by atoms with Crippen molar-refractivity contribution in [2.24, 2.45) is 5.73 Å². The second-order valence-corrected chi connectivity index (χ2v) is 3.77. The molecule has 1 atom stereocenters. The molecule has 0 aliphatic heterocycles. The highest BCUT2D eigenvalue weighted by atomic mass is 32.1. The van der Waals surface area contributed by atoms with Gasteiger partial charge in [0.15, 0.2) is 0 Å². The van der Waals surface area contributed by atoms with Crippen LogP contribution < -0.4 is 10.5 Å². The van der Waals surface area contributed by atoms with Gasteiger partial charge < -0.3 is 10.5 Å². The van der Waals surface area contributed by atoms with Crippen molar-refractivity contribution in [3.63, 3.8) is 0 Å². The van der Waals surface area contributed by atoms with Crippen molar-refractivity contribution in [3.8, 4) is 5.88 Å². The van der Waals surface area contributed by atoms with Gasteiger partial charge in [0.1, 0.15) is 5.69 Å². The summed E-state index contributed by atoms with van der Waals surface area (Å²) >= 11 is 1.61. The summed E-state index contributed by atoms with van der Waals surface area (Å²) < 4.78 is 5.11. The maximum atomic E-state index is 6.06. The van der Waals surface area contributed by atoms with E-state index in [1.807, 2.05) is 16.8 Å². The number of nitrogens with two attached hydrogens (primary N) is 1. The van der Waals surface area contributed by atoms with Gasteiger partial charge in [0.05, 0.1) is 13.2 Å². The van der Waals surface area contributed by atoms with E-state index in [2.05, 4.69) is 9.97 Å². The highest BCUT2D eigenvalue weighted by Gasteiger charge is 2.16. The van der Waals surface area contributed by atoms with Crippen molar-refractivity contribution in [1.82, 2.24) is 9.97 Å². The number of methoxy groups -OCH3 is 1. The molecule has 0 aliphatic carbocycles. The monoisotopic (exact) mass is 221 g/mol. The minimum Gasteiger partial charge on any atom is -0.480 e. The standard InChI is InChI=1S/C10H11N3OS/c1-14-10-9(12-3-4-13-10)8(11)7-2-5-15-6-7/h2-6,8H,11H2,1H3. The van der Waals surface area contributed by atoms with E-state index in [-0.39, 0.29) is 6.04 Å². The van der Waals surface area contributed by atoms with E-state index in [0.29, 0.717) is 11.6 Å². The van der Waals surface area contributed by atoms with Crippen LogP contribution >= 0.6 is 11.3 Å². The predicted octanol–water partition coefficient (Wildman–Crippen LogP) is 1.59. The zero-order valence-electron chi connectivity index (χ0n) is 8.25. The summed E-state index contributed by atoms with van der Waals surface area (Å²) in [5, 5.41) is 3.98. The summed E-state index contributed by atoms with van der Waals surface area (Å²) in [7, 11) is 1.56. The van der Waals surface area contributed by atoms with E-state index in [1.165, 1.54) is 0 Å². The average molecular weight is 221 g/mol. The van der Waals surface area contributed by atoms with Crippen molar-refractivity contribution >= 4 is 11.3 Å². The van der Waals surface area contributed by atoms with Crippen LogP contribution in [0.3, 0.4) is 0 Å². The topological polar surface area (TPSA) is 61.0 Å². The molecule has 0 amide bonds. The van der Waals surface area contributed by atoms with Gasteiger partial charge in [-0.15, -0.1) is 0 Å². The van der Waals surface area contributed by atoms with Crippen LogP contribution in [0.15, 0.2) is 29.2 Å². The molecule has 0 bridgehead atoms. The molecule has 5 heteroatoms. The summed E-state index contributed by atoms with van der Waals surface area (Å²) in [5.41, 5.74) is 7.75. The fourth-order valence-corrected chi connectivity index (χ4v) is 2.01. The van der Waals surface area contributed by atoms with Crippen LogP contribution in [0.1, 0.15) is 17.3 Å². The Morgan fingerprint density at radius 2 is 2.20 bits per heavy atom. The van der Waals surface area contributed by atoms with Gasteiger partial charge >= 0.3 is 0 Å². The van der Waals surface area contributed by atoms with Gasteiger partial charge in [-0.25, -0.2) is 4.98 Å². The Balaban J connectivity index is 2.37. The minimum absolute atomic E-state index is 0.278. The molecule has 2 rings (SSSR count).